The lowest BCUT2D eigenvalue weighted by Gasteiger charge is -2.44. The molecule has 43 heavy (non-hydrogen) atoms. The SMILES string of the molecule is CCOC(=O)C1(OCCCCCCOc2cc(F)c([C@@H]3C4=C(C[C@@H](C)N3CC(C)(C)F)c3ccccc3C4)c(F)c2)CC1. The summed E-state index contributed by atoms with van der Waals surface area (Å²) in [6.45, 7) is 8.06. The van der Waals surface area contributed by atoms with Gasteiger partial charge >= 0.3 is 5.97 Å². The van der Waals surface area contributed by atoms with E-state index in [0.29, 0.717) is 45.5 Å². The molecule has 234 valence electrons. The number of nitrogens with zero attached hydrogens (tertiary/aromatic N) is 1. The second kappa shape index (κ2) is 13.0. The second-order valence-electron chi connectivity index (χ2n) is 12.8. The summed E-state index contributed by atoms with van der Waals surface area (Å²) in [5, 5.41) is 0. The number of unbranched alkanes of at least 4 members (excludes halogenated alkanes) is 3. The lowest BCUT2D eigenvalue weighted by atomic mass is 9.84. The predicted molar refractivity (Wildman–Crippen MR) is 161 cm³/mol. The van der Waals surface area contributed by atoms with Crippen LogP contribution in [0.1, 0.15) is 95.4 Å². The molecule has 0 bridgehead atoms. The van der Waals surface area contributed by atoms with Gasteiger partial charge in [-0.25, -0.2) is 18.0 Å². The van der Waals surface area contributed by atoms with Gasteiger partial charge in [0.25, 0.3) is 0 Å². The molecule has 2 atom stereocenters. The van der Waals surface area contributed by atoms with E-state index in [-0.39, 0.29) is 29.9 Å². The van der Waals surface area contributed by atoms with E-state index in [1.807, 2.05) is 24.0 Å². The number of fused-ring (bicyclic) bond motifs is 2. The molecule has 1 fully saturated rings. The Morgan fingerprint density at radius 1 is 1.05 bits per heavy atom. The Hall–Kier alpha value is -2.84. The summed E-state index contributed by atoms with van der Waals surface area (Å²) in [5.41, 5.74) is 2.05. The summed E-state index contributed by atoms with van der Waals surface area (Å²) in [5.74, 6) is -1.47. The molecule has 0 aromatic heterocycles. The van der Waals surface area contributed by atoms with Crippen molar-refractivity contribution >= 4 is 11.5 Å². The topological polar surface area (TPSA) is 48.0 Å². The summed E-state index contributed by atoms with van der Waals surface area (Å²) in [6.07, 6.45) is 6.02. The van der Waals surface area contributed by atoms with Crippen LogP contribution in [0.2, 0.25) is 0 Å². The van der Waals surface area contributed by atoms with Gasteiger partial charge in [0.2, 0.25) is 0 Å². The summed E-state index contributed by atoms with van der Waals surface area (Å²) in [6, 6.07) is 9.83. The summed E-state index contributed by atoms with van der Waals surface area (Å²) >= 11 is 0. The second-order valence-corrected chi connectivity index (χ2v) is 12.8. The summed E-state index contributed by atoms with van der Waals surface area (Å²) < 4.78 is 63.3. The van der Waals surface area contributed by atoms with E-state index in [0.717, 1.165) is 48.0 Å². The van der Waals surface area contributed by atoms with Gasteiger partial charge in [-0.05, 0) is 94.9 Å². The smallest absolute Gasteiger partial charge is 0.338 e. The number of benzene rings is 2. The number of alkyl halides is 1. The summed E-state index contributed by atoms with van der Waals surface area (Å²) in [4.78, 5) is 13.9. The molecular weight excluding hydrogens is 555 g/mol. The van der Waals surface area contributed by atoms with Crippen LogP contribution in [-0.4, -0.2) is 54.5 Å². The first-order valence-electron chi connectivity index (χ1n) is 15.7. The monoisotopic (exact) mass is 599 g/mol. The zero-order chi connectivity index (χ0) is 30.8. The number of hydrogen-bond donors (Lipinski definition) is 0. The van der Waals surface area contributed by atoms with Crippen molar-refractivity contribution in [3.05, 3.63) is 70.3 Å². The Morgan fingerprint density at radius 2 is 1.72 bits per heavy atom. The van der Waals surface area contributed by atoms with E-state index in [4.69, 9.17) is 14.2 Å². The van der Waals surface area contributed by atoms with Crippen molar-refractivity contribution in [3.63, 3.8) is 0 Å². The molecule has 0 unspecified atom stereocenters. The highest BCUT2D eigenvalue weighted by Crippen LogP contribution is 2.50. The fraction of sp³-hybridized carbons (Fsp3) is 0.571. The average molecular weight is 600 g/mol. The largest absolute Gasteiger partial charge is 0.493 e. The minimum Gasteiger partial charge on any atom is -0.493 e. The van der Waals surface area contributed by atoms with Crippen molar-refractivity contribution < 1.29 is 32.2 Å². The number of carbonyl (C=O) groups excluding carboxylic acids is 1. The maximum atomic E-state index is 15.8. The van der Waals surface area contributed by atoms with E-state index in [9.17, 15) is 4.79 Å². The molecular formula is C35H44F3NO4. The molecule has 0 radical (unpaired) electrons. The fourth-order valence-corrected chi connectivity index (χ4v) is 6.55. The average Bonchev–Trinajstić information content (AvgIpc) is 3.65. The van der Waals surface area contributed by atoms with Crippen LogP contribution in [0.25, 0.3) is 5.57 Å². The molecule has 0 amide bonds. The van der Waals surface area contributed by atoms with E-state index < -0.39 is 28.9 Å². The van der Waals surface area contributed by atoms with Gasteiger partial charge in [-0.3, -0.25) is 4.90 Å². The van der Waals surface area contributed by atoms with Gasteiger partial charge in [-0.2, -0.15) is 0 Å². The standard InChI is InChI=1S/C35H44F3NO4/c1-5-41-33(40)35(14-15-35)43-17-11-7-6-10-16-42-25-20-29(36)31(30(37)21-25)32-28-19-24-12-8-9-13-26(24)27(28)18-23(2)39(32)22-34(3,4)38/h8-9,12-13,20-21,23,32H,5-7,10-11,14-19,22H2,1-4H3/t23-,32+/m1/s1. The molecule has 0 saturated heterocycles. The highest BCUT2D eigenvalue weighted by molar-refractivity contribution is 5.83. The number of ether oxygens (including phenoxy) is 3. The zero-order valence-corrected chi connectivity index (χ0v) is 25.8. The molecule has 3 aliphatic rings. The maximum absolute atomic E-state index is 15.8. The van der Waals surface area contributed by atoms with Crippen molar-refractivity contribution in [2.45, 2.75) is 102 Å². The maximum Gasteiger partial charge on any atom is 0.338 e. The van der Waals surface area contributed by atoms with Crippen LogP contribution in [0.3, 0.4) is 0 Å². The molecule has 8 heteroatoms. The van der Waals surface area contributed by atoms with Crippen molar-refractivity contribution in [2.75, 3.05) is 26.4 Å². The van der Waals surface area contributed by atoms with Crippen LogP contribution in [-0.2, 0) is 20.7 Å². The molecule has 0 spiro atoms. The Balaban J connectivity index is 1.21. The molecule has 5 rings (SSSR count). The van der Waals surface area contributed by atoms with E-state index in [1.54, 1.807) is 6.92 Å². The fourth-order valence-electron chi connectivity index (χ4n) is 6.55. The molecule has 0 N–H and O–H groups in total. The highest BCUT2D eigenvalue weighted by atomic mass is 19.1. The minimum atomic E-state index is -1.53. The number of esters is 1. The normalized spacial score (nSPS) is 21.0. The van der Waals surface area contributed by atoms with Crippen molar-refractivity contribution in [3.8, 4) is 5.75 Å². The first kappa shape index (κ1) is 31.6. The van der Waals surface area contributed by atoms with E-state index in [1.165, 1.54) is 26.0 Å². The van der Waals surface area contributed by atoms with Crippen LogP contribution >= 0.6 is 0 Å². The third-order valence-corrected chi connectivity index (χ3v) is 8.76. The number of carbonyl (C=O) groups is 1. The van der Waals surface area contributed by atoms with Gasteiger partial charge < -0.3 is 14.2 Å². The van der Waals surface area contributed by atoms with Gasteiger partial charge in [0.05, 0.1) is 19.3 Å². The first-order chi connectivity index (χ1) is 20.5. The quantitative estimate of drug-likeness (QED) is 0.163. The summed E-state index contributed by atoms with van der Waals surface area (Å²) in [7, 11) is 0. The molecule has 1 saturated carbocycles. The van der Waals surface area contributed by atoms with Crippen molar-refractivity contribution in [1.29, 1.82) is 0 Å². The third kappa shape index (κ3) is 7.12. The Morgan fingerprint density at radius 3 is 2.37 bits per heavy atom. The van der Waals surface area contributed by atoms with Crippen molar-refractivity contribution in [1.82, 2.24) is 4.90 Å². The van der Waals surface area contributed by atoms with Gasteiger partial charge in [0.1, 0.15) is 23.1 Å². The molecule has 2 aromatic rings. The number of rotatable bonds is 14. The van der Waals surface area contributed by atoms with Crippen LogP contribution in [0.5, 0.6) is 5.75 Å². The van der Waals surface area contributed by atoms with E-state index in [2.05, 4.69) is 12.1 Å². The van der Waals surface area contributed by atoms with Gasteiger partial charge in [-0.1, -0.05) is 30.7 Å². The molecule has 1 aliphatic heterocycles. The predicted octanol–water partition coefficient (Wildman–Crippen LogP) is 7.91. The zero-order valence-electron chi connectivity index (χ0n) is 25.8. The third-order valence-electron chi connectivity index (χ3n) is 8.76. The van der Waals surface area contributed by atoms with Crippen molar-refractivity contribution in [2.24, 2.45) is 0 Å². The van der Waals surface area contributed by atoms with Crippen LogP contribution in [0, 0.1) is 11.6 Å². The first-order valence-corrected chi connectivity index (χ1v) is 15.7. The number of hydrogen-bond acceptors (Lipinski definition) is 5. The lowest BCUT2D eigenvalue weighted by Crippen LogP contribution is -2.47. The van der Waals surface area contributed by atoms with Gasteiger partial charge in [0.15, 0.2) is 5.60 Å². The lowest BCUT2D eigenvalue weighted by molar-refractivity contribution is -0.160. The Kier molecular flexibility index (Phi) is 9.57. The van der Waals surface area contributed by atoms with Crippen LogP contribution in [0.15, 0.2) is 42.0 Å². The molecule has 2 aliphatic carbocycles. The Bertz CT molecular complexity index is 1320. The van der Waals surface area contributed by atoms with E-state index >= 15 is 13.2 Å². The minimum absolute atomic E-state index is 0.0419. The number of halogens is 3. The van der Waals surface area contributed by atoms with Crippen LogP contribution in [0.4, 0.5) is 13.2 Å². The Labute approximate surface area is 253 Å². The molecule has 2 aromatic carbocycles. The van der Waals surface area contributed by atoms with Gasteiger partial charge in [-0.15, -0.1) is 0 Å². The van der Waals surface area contributed by atoms with Crippen LogP contribution < -0.4 is 4.74 Å². The highest BCUT2D eigenvalue weighted by Gasteiger charge is 2.52. The molecule has 1 heterocycles. The van der Waals surface area contributed by atoms with Gasteiger partial charge in [0, 0.05) is 36.9 Å². The molecule has 5 nitrogen and oxygen atoms in total.